The molecule has 0 amide bonds. The van der Waals surface area contributed by atoms with Gasteiger partial charge in [-0.2, -0.15) is 9.57 Å². The number of nitrogens with two attached hydrogens (primary N) is 1. The molecule has 0 bridgehead atoms. The van der Waals surface area contributed by atoms with Crippen molar-refractivity contribution >= 4 is 31.6 Å². The normalized spacial score (nSPS) is 15.3. The maximum absolute atomic E-state index is 13.9. The fraction of sp³-hybridized carbons (Fsp3) is 0.417. The summed E-state index contributed by atoms with van der Waals surface area (Å²) in [5, 5.41) is 8.62. The van der Waals surface area contributed by atoms with E-state index in [9.17, 15) is 12.8 Å². The quantitative estimate of drug-likeness (QED) is 0.814. The van der Waals surface area contributed by atoms with E-state index in [1.54, 1.807) is 0 Å². The molecule has 0 aromatic heterocycles. The first-order valence-electron chi connectivity index (χ1n) is 6.01. The standard InChI is InChI=1S/C12H13BrFN3O2S/c13-9-6-10(14)12(7-11(9)16)20(18,19)17(5-1-4-15)8-2-3-8/h6-8H,1-3,5,16H2. The Hall–Kier alpha value is -1.17. The summed E-state index contributed by atoms with van der Waals surface area (Å²) in [5.41, 5.74) is 5.78. The number of nitrogens with zero attached hydrogens (tertiary/aromatic N) is 2. The summed E-state index contributed by atoms with van der Waals surface area (Å²) in [6.45, 7) is 0.0684. The van der Waals surface area contributed by atoms with Crippen LogP contribution in [0.2, 0.25) is 0 Å². The molecule has 0 heterocycles. The highest BCUT2D eigenvalue weighted by atomic mass is 79.9. The third-order valence-electron chi connectivity index (χ3n) is 3.04. The molecule has 5 nitrogen and oxygen atoms in total. The van der Waals surface area contributed by atoms with Crippen LogP contribution in [0.1, 0.15) is 19.3 Å². The van der Waals surface area contributed by atoms with Crippen LogP contribution in [0.3, 0.4) is 0 Å². The van der Waals surface area contributed by atoms with Crippen molar-refractivity contribution < 1.29 is 12.8 Å². The Balaban J connectivity index is 2.43. The number of rotatable bonds is 5. The minimum atomic E-state index is -3.97. The van der Waals surface area contributed by atoms with Crippen LogP contribution in [0.4, 0.5) is 10.1 Å². The second-order valence-corrected chi connectivity index (χ2v) is 7.27. The van der Waals surface area contributed by atoms with E-state index in [0.717, 1.165) is 25.0 Å². The third-order valence-corrected chi connectivity index (χ3v) is 5.69. The van der Waals surface area contributed by atoms with Gasteiger partial charge in [0.15, 0.2) is 0 Å². The van der Waals surface area contributed by atoms with Crippen molar-refractivity contribution in [1.82, 2.24) is 4.31 Å². The van der Waals surface area contributed by atoms with E-state index in [1.807, 2.05) is 6.07 Å². The fourth-order valence-electron chi connectivity index (χ4n) is 1.89. The summed E-state index contributed by atoms with van der Waals surface area (Å²) >= 11 is 3.05. The van der Waals surface area contributed by atoms with Crippen LogP contribution in [-0.4, -0.2) is 25.3 Å². The first kappa shape index (κ1) is 15.2. The van der Waals surface area contributed by atoms with Crippen molar-refractivity contribution in [3.63, 3.8) is 0 Å². The molecule has 108 valence electrons. The van der Waals surface area contributed by atoms with Gasteiger partial charge >= 0.3 is 0 Å². The second kappa shape index (κ2) is 5.68. The van der Waals surface area contributed by atoms with Gasteiger partial charge in [0.2, 0.25) is 10.0 Å². The molecule has 1 aliphatic rings. The molecule has 0 spiro atoms. The molecule has 2 rings (SSSR count). The molecule has 1 fully saturated rings. The highest BCUT2D eigenvalue weighted by Crippen LogP contribution is 2.34. The van der Waals surface area contributed by atoms with E-state index >= 15 is 0 Å². The maximum atomic E-state index is 13.9. The summed E-state index contributed by atoms with van der Waals surface area (Å²) in [4.78, 5) is -0.442. The maximum Gasteiger partial charge on any atom is 0.246 e. The van der Waals surface area contributed by atoms with E-state index in [4.69, 9.17) is 11.0 Å². The Morgan fingerprint density at radius 2 is 2.15 bits per heavy atom. The fourth-order valence-corrected chi connectivity index (χ4v) is 3.97. The lowest BCUT2D eigenvalue weighted by molar-refractivity contribution is 0.407. The van der Waals surface area contributed by atoms with Crippen LogP contribution in [0.5, 0.6) is 0 Å². The van der Waals surface area contributed by atoms with Crippen molar-refractivity contribution in [2.75, 3.05) is 12.3 Å². The molecule has 20 heavy (non-hydrogen) atoms. The van der Waals surface area contributed by atoms with Crippen LogP contribution in [0.25, 0.3) is 0 Å². The average molecular weight is 362 g/mol. The zero-order valence-electron chi connectivity index (χ0n) is 10.5. The Morgan fingerprint density at radius 3 is 2.70 bits per heavy atom. The SMILES string of the molecule is N#CCCN(C1CC1)S(=O)(=O)c1cc(N)c(Br)cc1F. The van der Waals surface area contributed by atoms with Gasteiger partial charge in [-0.1, -0.05) is 0 Å². The van der Waals surface area contributed by atoms with Gasteiger partial charge in [-0.15, -0.1) is 0 Å². The van der Waals surface area contributed by atoms with Gasteiger partial charge in [0.1, 0.15) is 10.7 Å². The number of sulfonamides is 1. The van der Waals surface area contributed by atoms with Gasteiger partial charge in [-0.3, -0.25) is 0 Å². The third kappa shape index (κ3) is 2.95. The lowest BCUT2D eigenvalue weighted by Crippen LogP contribution is -2.34. The number of benzene rings is 1. The van der Waals surface area contributed by atoms with Crippen LogP contribution in [-0.2, 0) is 10.0 Å². The molecule has 2 N–H and O–H groups in total. The van der Waals surface area contributed by atoms with Gasteiger partial charge in [-0.25, -0.2) is 12.8 Å². The first-order chi connectivity index (χ1) is 9.37. The van der Waals surface area contributed by atoms with Crippen LogP contribution < -0.4 is 5.73 Å². The number of nitriles is 1. The van der Waals surface area contributed by atoms with E-state index < -0.39 is 20.7 Å². The predicted octanol–water partition coefficient (Wildman–Crippen LogP) is 2.24. The molecule has 0 unspecified atom stereocenters. The van der Waals surface area contributed by atoms with Crippen LogP contribution >= 0.6 is 15.9 Å². The smallest absolute Gasteiger partial charge is 0.246 e. The van der Waals surface area contributed by atoms with Crippen LogP contribution in [0, 0.1) is 17.1 Å². The lowest BCUT2D eigenvalue weighted by Gasteiger charge is -2.21. The Morgan fingerprint density at radius 1 is 1.50 bits per heavy atom. The molecule has 0 radical (unpaired) electrons. The van der Waals surface area contributed by atoms with Gasteiger partial charge in [-0.05, 0) is 40.9 Å². The molecular weight excluding hydrogens is 349 g/mol. The zero-order chi connectivity index (χ0) is 14.9. The molecule has 1 aliphatic carbocycles. The molecular formula is C12H13BrFN3O2S. The molecule has 0 aliphatic heterocycles. The number of hydrogen-bond acceptors (Lipinski definition) is 4. The van der Waals surface area contributed by atoms with Gasteiger partial charge < -0.3 is 5.73 Å². The summed E-state index contributed by atoms with van der Waals surface area (Å²) in [7, 11) is -3.97. The minimum Gasteiger partial charge on any atom is -0.398 e. The average Bonchev–Trinajstić information content (AvgIpc) is 3.18. The van der Waals surface area contributed by atoms with E-state index in [1.165, 1.54) is 4.31 Å². The first-order valence-corrected chi connectivity index (χ1v) is 8.24. The number of nitrogen functional groups attached to an aromatic ring is 1. The van der Waals surface area contributed by atoms with E-state index in [0.29, 0.717) is 4.47 Å². The van der Waals surface area contributed by atoms with Gasteiger partial charge in [0.25, 0.3) is 0 Å². The van der Waals surface area contributed by atoms with Crippen LogP contribution in [0.15, 0.2) is 21.5 Å². The number of anilines is 1. The van der Waals surface area contributed by atoms with Crippen molar-refractivity contribution in [1.29, 1.82) is 5.26 Å². The lowest BCUT2D eigenvalue weighted by atomic mass is 10.3. The molecule has 0 atom stereocenters. The second-order valence-electron chi connectivity index (χ2n) is 4.56. The van der Waals surface area contributed by atoms with Crippen molar-refractivity contribution in [2.24, 2.45) is 0 Å². The zero-order valence-corrected chi connectivity index (χ0v) is 12.9. The van der Waals surface area contributed by atoms with Crippen molar-refractivity contribution in [3.8, 4) is 6.07 Å². The molecule has 1 saturated carbocycles. The summed E-state index contributed by atoms with van der Waals surface area (Å²) < 4.78 is 40.5. The van der Waals surface area contributed by atoms with E-state index in [2.05, 4.69) is 15.9 Å². The van der Waals surface area contributed by atoms with Crippen molar-refractivity contribution in [3.05, 3.63) is 22.4 Å². The predicted molar refractivity (Wildman–Crippen MR) is 75.7 cm³/mol. The summed E-state index contributed by atoms with van der Waals surface area (Å²) in [6, 6.07) is 3.91. The van der Waals surface area contributed by atoms with Crippen molar-refractivity contribution in [2.45, 2.75) is 30.2 Å². The minimum absolute atomic E-state index is 0.0684. The van der Waals surface area contributed by atoms with Gasteiger partial charge in [0, 0.05) is 29.2 Å². The topological polar surface area (TPSA) is 87.2 Å². The highest BCUT2D eigenvalue weighted by molar-refractivity contribution is 9.10. The molecule has 0 saturated heterocycles. The summed E-state index contributed by atoms with van der Waals surface area (Å²) in [6.07, 6.45) is 1.54. The van der Waals surface area contributed by atoms with Gasteiger partial charge in [0.05, 0.1) is 6.07 Å². The Kier molecular flexibility index (Phi) is 4.32. The summed E-state index contributed by atoms with van der Waals surface area (Å²) in [5.74, 6) is -0.853. The largest absolute Gasteiger partial charge is 0.398 e. The Bertz CT molecular complexity index is 668. The molecule has 8 heteroatoms. The monoisotopic (exact) mass is 361 g/mol. The van der Waals surface area contributed by atoms with E-state index in [-0.39, 0.29) is 24.7 Å². The highest BCUT2D eigenvalue weighted by Gasteiger charge is 2.39. The molecule has 1 aromatic carbocycles. The number of hydrogen-bond donors (Lipinski definition) is 1. The molecule has 1 aromatic rings. The Labute approximate surface area is 125 Å². The number of halogens is 2.